The van der Waals surface area contributed by atoms with E-state index in [4.69, 9.17) is 9.47 Å². The van der Waals surface area contributed by atoms with Gasteiger partial charge in [-0.05, 0) is 71.7 Å². The molecule has 0 aliphatic carbocycles. The number of esters is 2. The highest BCUT2D eigenvalue weighted by molar-refractivity contribution is 5.97. The predicted molar refractivity (Wildman–Crippen MR) is 132 cm³/mol. The Labute approximate surface area is 206 Å². The number of hydrogen-bond acceptors (Lipinski definition) is 6. The van der Waals surface area contributed by atoms with E-state index in [2.05, 4.69) is 10.6 Å². The Bertz CT molecular complexity index is 1030. The number of amides is 1. The summed E-state index contributed by atoms with van der Waals surface area (Å²) in [5, 5.41) is 5.57. The third-order valence-electron chi connectivity index (χ3n) is 4.61. The van der Waals surface area contributed by atoms with Crippen molar-refractivity contribution in [2.24, 2.45) is 0 Å². The first kappa shape index (κ1) is 27.8. The maximum atomic E-state index is 14.6. The van der Waals surface area contributed by atoms with Crippen molar-refractivity contribution in [3.63, 3.8) is 0 Å². The van der Waals surface area contributed by atoms with Crippen molar-refractivity contribution in [1.82, 2.24) is 5.32 Å². The summed E-state index contributed by atoms with van der Waals surface area (Å²) in [4.78, 5) is 37.6. The largest absolute Gasteiger partial charge is 0.460 e. The minimum Gasteiger partial charge on any atom is -0.460 e. The van der Waals surface area contributed by atoms with E-state index in [1.165, 1.54) is 12.1 Å². The van der Waals surface area contributed by atoms with E-state index >= 15 is 0 Å². The predicted octanol–water partition coefficient (Wildman–Crippen LogP) is 5.00. The van der Waals surface area contributed by atoms with Crippen LogP contribution < -0.4 is 10.6 Å². The van der Waals surface area contributed by atoms with Gasteiger partial charge in [0.1, 0.15) is 23.1 Å². The van der Waals surface area contributed by atoms with Crippen LogP contribution >= 0.6 is 0 Å². The number of halogens is 1. The van der Waals surface area contributed by atoms with E-state index in [0.29, 0.717) is 6.54 Å². The van der Waals surface area contributed by atoms with Gasteiger partial charge in [-0.1, -0.05) is 30.3 Å². The number of anilines is 1. The van der Waals surface area contributed by atoms with Gasteiger partial charge >= 0.3 is 11.9 Å². The standard InChI is InChI=1S/C27H35FN2O5/c1-26(2,3)34-23(31)15-14-22(25(33)35-27(4,5)6)30-24(32)19-12-13-21(20(28)16-19)29-17-18-10-8-7-9-11-18/h7-13,16,22,29H,14-15,17H2,1-6H3,(H,30,32)/t22-/m0/s1. The van der Waals surface area contributed by atoms with Crippen molar-refractivity contribution in [2.75, 3.05) is 5.32 Å². The van der Waals surface area contributed by atoms with E-state index in [-0.39, 0.29) is 24.1 Å². The maximum absolute atomic E-state index is 14.6. The lowest BCUT2D eigenvalue weighted by molar-refractivity contribution is -0.158. The van der Waals surface area contributed by atoms with Crippen LogP contribution in [0.15, 0.2) is 48.5 Å². The van der Waals surface area contributed by atoms with Gasteiger partial charge in [-0.25, -0.2) is 9.18 Å². The fraction of sp³-hybridized carbons (Fsp3) is 0.444. The van der Waals surface area contributed by atoms with Crippen molar-refractivity contribution in [3.05, 3.63) is 65.5 Å². The first-order valence-corrected chi connectivity index (χ1v) is 11.6. The van der Waals surface area contributed by atoms with Crippen molar-refractivity contribution in [3.8, 4) is 0 Å². The van der Waals surface area contributed by atoms with Crippen LogP contribution in [0, 0.1) is 5.82 Å². The second-order valence-electron chi connectivity index (χ2n) is 10.2. The van der Waals surface area contributed by atoms with Crippen LogP contribution in [-0.2, 0) is 25.6 Å². The van der Waals surface area contributed by atoms with E-state index in [1.54, 1.807) is 41.5 Å². The Hall–Kier alpha value is -3.42. The lowest BCUT2D eigenvalue weighted by Gasteiger charge is -2.25. The van der Waals surface area contributed by atoms with Crippen LogP contribution in [0.2, 0.25) is 0 Å². The van der Waals surface area contributed by atoms with E-state index in [0.717, 1.165) is 11.6 Å². The molecule has 2 aromatic carbocycles. The molecule has 0 fully saturated rings. The molecule has 0 saturated carbocycles. The molecule has 0 aliphatic rings. The van der Waals surface area contributed by atoms with Crippen molar-refractivity contribution >= 4 is 23.5 Å². The first-order chi connectivity index (χ1) is 16.2. The van der Waals surface area contributed by atoms with Crippen LogP contribution in [0.25, 0.3) is 0 Å². The molecule has 0 aromatic heterocycles. The quantitative estimate of drug-likeness (QED) is 0.485. The lowest BCUT2D eigenvalue weighted by atomic mass is 10.1. The van der Waals surface area contributed by atoms with Gasteiger partial charge in [-0.2, -0.15) is 0 Å². The Morgan fingerprint density at radius 2 is 1.54 bits per heavy atom. The van der Waals surface area contributed by atoms with E-state index in [1.807, 2.05) is 30.3 Å². The molecule has 0 unspecified atom stereocenters. The van der Waals surface area contributed by atoms with Gasteiger partial charge in [0.25, 0.3) is 5.91 Å². The molecule has 8 heteroatoms. The summed E-state index contributed by atoms with van der Waals surface area (Å²) in [6, 6.07) is 12.4. The Balaban J connectivity index is 2.08. The molecule has 0 saturated heterocycles. The summed E-state index contributed by atoms with van der Waals surface area (Å²) in [5.41, 5.74) is -0.184. The number of carbonyl (C=O) groups excluding carboxylic acids is 3. The summed E-state index contributed by atoms with van der Waals surface area (Å²) >= 11 is 0. The monoisotopic (exact) mass is 486 g/mol. The zero-order valence-electron chi connectivity index (χ0n) is 21.2. The summed E-state index contributed by atoms with van der Waals surface area (Å²) in [6.07, 6.45) is -0.118. The Morgan fingerprint density at radius 1 is 0.914 bits per heavy atom. The SMILES string of the molecule is CC(C)(C)OC(=O)CC[C@H](NC(=O)c1ccc(NCc2ccccc2)c(F)c1)C(=O)OC(C)(C)C. The normalized spacial score (nSPS) is 12.4. The van der Waals surface area contributed by atoms with Gasteiger partial charge in [-0.3, -0.25) is 9.59 Å². The summed E-state index contributed by atoms with van der Waals surface area (Å²) in [5.74, 6) is -2.44. The molecule has 7 nitrogen and oxygen atoms in total. The third-order valence-corrected chi connectivity index (χ3v) is 4.61. The fourth-order valence-electron chi connectivity index (χ4n) is 3.11. The molecule has 0 spiro atoms. The third kappa shape index (κ3) is 10.2. The lowest BCUT2D eigenvalue weighted by Crippen LogP contribution is -2.44. The molecule has 1 atom stereocenters. The summed E-state index contributed by atoms with van der Waals surface area (Å²) in [7, 11) is 0. The molecule has 0 radical (unpaired) electrons. The van der Waals surface area contributed by atoms with E-state index in [9.17, 15) is 18.8 Å². The van der Waals surface area contributed by atoms with Gasteiger partial charge in [0.2, 0.25) is 0 Å². The minimum absolute atomic E-state index is 0.0191. The molecular formula is C27H35FN2O5. The molecule has 0 heterocycles. The number of rotatable bonds is 9. The molecule has 0 bridgehead atoms. The highest BCUT2D eigenvalue weighted by atomic mass is 19.1. The highest BCUT2D eigenvalue weighted by Crippen LogP contribution is 2.18. The van der Waals surface area contributed by atoms with Crippen LogP contribution in [-0.4, -0.2) is 35.1 Å². The van der Waals surface area contributed by atoms with Crippen LogP contribution in [0.3, 0.4) is 0 Å². The Morgan fingerprint density at radius 3 is 2.11 bits per heavy atom. The molecule has 2 aromatic rings. The summed E-state index contributed by atoms with van der Waals surface area (Å²) < 4.78 is 25.3. The van der Waals surface area contributed by atoms with Gasteiger partial charge in [-0.15, -0.1) is 0 Å². The van der Waals surface area contributed by atoms with Crippen LogP contribution in [0.1, 0.15) is 70.3 Å². The number of benzene rings is 2. The Kier molecular flexibility index (Phi) is 9.40. The molecule has 2 rings (SSSR count). The number of hydrogen-bond donors (Lipinski definition) is 2. The van der Waals surface area contributed by atoms with Gasteiger partial charge in [0, 0.05) is 18.5 Å². The molecule has 1 amide bonds. The van der Waals surface area contributed by atoms with Gasteiger partial charge in [0.05, 0.1) is 5.69 Å². The maximum Gasteiger partial charge on any atom is 0.329 e. The van der Waals surface area contributed by atoms with Gasteiger partial charge in [0.15, 0.2) is 0 Å². The summed E-state index contributed by atoms with van der Waals surface area (Å²) in [6.45, 7) is 10.8. The van der Waals surface area contributed by atoms with Gasteiger partial charge < -0.3 is 20.1 Å². The number of ether oxygens (including phenoxy) is 2. The van der Waals surface area contributed by atoms with E-state index < -0.39 is 40.9 Å². The highest BCUT2D eigenvalue weighted by Gasteiger charge is 2.28. The molecular weight excluding hydrogens is 451 g/mol. The smallest absolute Gasteiger partial charge is 0.329 e. The average Bonchev–Trinajstić information content (AvgIpc) is 2.73. The fourth-order valence-corrected chi connectivity index (χ4v) is 3.11. The zero-order valence-corrected chi connectivity index (χ0v) is 21.2. The van der Waals surface area contributed by atoms with Crippen molar-refractivity contribution < 1.29 is 28.2 Å². The minimum atomic E-state index is -1.10. The van der Waals surface area contributed by atoms with Crippen LogP contribution in [0.5, 0.6) is 0 Å². The second kappa shape index (κ2) is 11.8. The average molecular weight is 487 g/mol. The molecule has 0 aliphatic heterocycles. The van der Waals surface area contributed by atoms with Crippen molar-refractivity contribution in [2.45, 2.75) is 78.2 Å². The number of carbonyl (C=O) groups is 3. The topological polar surface area (TPSA) is 93.7 Å². The first-order valence-electron chi connectivity index (χ1n) is 11.6. The molecule has 2 N–H and O–H groups in total. The molecule has 35 heavy (non-hydrogen) atoms. The van der Waals surface area contributed by atoms with Crippen LogP contribution in [0.4, 0.5) is 10.1 Å². The molecule has 190 valence electrons. The number of nitrogens with one attached hydrogen (secondary N) is 2. The van der Waals surface area contributed by atoms with Crippen molar-refractivity contribution in [1.29, 1.82) is 0 Å². The zero-order chi connectivity index (χ0) is 26.2. The second-order valence-corrected chi connectivity index (χ2v) is 10.2.